The molecule has 0 atom stereocenters. The van der Waals surface area contributed by atoms with Crippen LogP contribution in [0.15, 0.2) is 52.0 Å². The Kier molecular flexibility index (Phi) is 8.53. The number of carbonyl (C=O) groups excluding carboxylic acids is 2. The van der Waals surface area contributed by atoms with E-state index in [9.17, 15) is 9.59 Å². The van der Waals surface area contributed by atoms with E-state index < -0.39 is 5.91 Å². The number of rotatable bonds is 8. The van der Waals surface area contributed by atoms with E-state index in [0.29, 0.717) is 22.0 Å². The molecule has 0 radical (unpaired) electrons. The number of carbonyl (C=O) groups is 2. The molecule has 0 fully saturated rings. The van der Waals surface area contributed by atoms with Gasteiger partial charge in [-0.2, -0.15) is 5.10 Å². The van der Waals surface area contributed by atoms with Crippen LogP contribution in [0.3, 0.4) is 0 Å². The van der Waals surface area contributed by atoms with E-state index in [-0.39, 0.29) is 25.4 Å². The summed E-state index contributed by atoms with van der Waals surface area (Å²) in [6.45, 7) is 0.120. The number of nitrogens with one attached hydrogen (secondary N) is 2. The Balaban J connectivity index is 1.84. The minimum Gasteiger partial charge on any atom is -0.480 e. The molecule has 0 bridgehead atoms. The highest BCUT2D eigenvalue weighted by Crippen LogP contribution is 2.22. The number of hydrazone groups is 1. The number of terminal acetylenes is 1. The van der Waals surface area contributed by atoms with Crippen molar-refractivity contribution in [1.82, 2.24) is 5.43 Å². The number of anilines is 1. The lowest BCUT2D eigenvalue weighted by Crippen LogP contribution is -2.20. The Hall–Kier alpha value is -2.82. The summed E-state index contributed by atoms with van der Waals surface area (Å²) in [5.74, 6) is 2.21. The Morgan fingerprint density at radius 2 is 1.96 bits per heavy atom. The van der Waals surface area contributed by atoms with Gasteiger partial charge in [-0.25, -0.2) is 5.43 Å². The highest BCUT2D eigenvalue weighted by molar-refractivity contribution is 9.10. The standard InChI is InChI=1S/C20H17BrClN3O3/c1-2-11-28-18-8-7-15(21)12-14(18)13-23-25-20(27)10-9-19(26)24-17-6-4-3-5-16(17)22/h1,3-8,12-13H,9-11H2,(H,24,26)(H,25,27). The Bertz CT molecular complexity index is 925. The lowest BCUT2D eigenvalue weighted by molar-refractivity contribution is -0.124. The van der Waals surface area contributed by atoms with Crippen molar-refractivity contribution in [3.63, 3.8) is 0 Å². The number of hydrogen-bond donors (Lipinski definition) is 2. The molecule has 28 heavy (non-hydrogen) atoms. The quantitative estimate of drug-likeness (QED) is 0.354. The third-order valence-electron chi connectivity index (χ3n) is 3.40. The fraction of sp³-hybridized carbons (Fsp3) is 0.150. The molecule has 0 aliphatic rings. The van der Waals surface area contributed by atoms with E-state index in [2.05, 4.69) is 37.7 Å². The van der Waals surface area contributed by atoms with E-state index in [1.54, 1.807) is 42.5 Å². The number of para-hydroxylation sites is 1. The van der Waals surface area contributed by atoms with Crippen molar-refractivity contribution in [2.45, 2.75) is 12.8 Å². The van der Waals surface area contributed by atoms with E-state index in [4.69, 9.17) is 22.8 Å². The molecular formula is C20H17BrClN3O3. The lowest BCUT2D eigenvalue weighted by atomic mass is 10.2. The van der Waals surface area contributed by atoms with Gasteiger partial charge in [-0.3, -0.25) is 9.59 Å². The second-order valence-corrected chi connectivity index (χ2v) is 6.82. The van der Waals surface area contributed by atoms with Crippen LogP contribution in [0.25, 0.3) is 0 Å². The smallest absolute Gasteiger partial charge is 0.240 e. The summed E-state index contributed by atoms with van der Waals surface area (Å²) in [7, 11) is 0. The summed E-state index contributed by atoms with van der Waals surface area (Å²) in [5.41, 5.74) is 3.52. The van der Waals surface area contributed by atoms with Crippen LogP contribution in [0, 0.1) is 12.3 Å². The first-order valence-electron chi connectivity index (χ1n) is 8.21. The summed E-state index contributed by atoms with van der Waals surface area (Å²) >= 11 is 9.34. The van der Waals surface area contributed by atoms with E-state index in [1.165, 1.54) is 6.21 Å². The summed E-state index contributed by atoms with van der Waals surface area (Å²) in [6, 6.07) is 12.2. The summed E-state index contributed by atoms with van der Waals surface area (Å²) in [6.07, 6.45) is 6.62. The van der Waals surface area contributed by atoms with Gasteiger partial charge in [0.2, 0.25) is 11.8 Å². The average molecular weight is 463 g/mol. The molecule has 0 aromatic heterocycles. The van der Waals surface area contributed by atoms with Crippen molar-refractivity contribution in [1.29, 1.82) is 0 Å². The molecule has 144 valence electrons. The molecule has 8 heteroatoms. The molecule has 0 aliphatic heterocycles. The summed E-state index contributed by atoms with van der Waals surface area (Å²) in [4.78, 5) is 23.8. The van der Waals surface area contributed by atoms with Gasteiger partial charge < -0.3 is 10.1 Å². The number of ether oxygens (including phenoxy) is 1. The third-order valence-corrected chi connectivity index (χ3v) is 4.23. The second-order valence-electron chi connectivity index (χ2n) is 5.50. The van der Waals surface area contributed by atoms with E-state index in [0.717, 1.165) is 4.47 Å². The number of halogens is 2. The van der Waals surface area contributed by atoms with Crippen molar-refractivity contribution in [3.05, 3.63) is 57.5 Å². The zero-order chi connectivity index (χ0) is 20.4. The Labute approximate surface area is 176 Å². The predicted molar refractivity (Wildman–Crippen MR) is 114 cm³/mol. The topological polar surface area (TPSA) is 79.8 Å². The first-order chi connectivity index (χ1) is 13.5. The highest BCUT2D eigenvalue weighted by atomic mass is 79.9. The molecule has 2 aromatic carbocycles. The van der Waals surface area contributed by atoms with Crippen LogP contribution in [0.4, 0.5) is 5.69 Å². The molecule has 0 heterocycles. The first-order valence-corrected chi connectivity index (χ1v) is 9.39. The van der Waals surface area contributed by atoms with Crippen LogP contribution in [0.5, 0.6) is 5.75 Å². The van der Waals surface area contributed by atoms with Gasteiger partial charge >= 0.3 is 0 Å². The van der Waals surface area contributed by atoms with Crippen molar-refractivity contribution in [2.24, 2.45) is 5.10 Å². The van der Waals surface area contributed by atoms with Crippen molar-refractivity contribution in [2.75, 3.05) is 11.9 Å². The van der Waals surface area contributed by atoms with E-state index >= 15 is 0 Å². The van der Waals surface area contributed by atoms with Crippen LogP contribution in [0.1, 0.15) is 18.4 Å². The third kappa shape index (κ3) is 7.06. The minimum atomic E-state index is -0.397. The molecule has 0 saturated carbocycles. The largest absolute Gasteiger partial charge is 0.480 e. The molecule has 0 spiro atoms. The minimum absolute atomic E-state index is 0.00000777. The van der Waals surface area contributed by atoms with Crippen molar-refractivity contribution in [3.8, 4) is 18.1 Å². The molecule has 0 unspecified atom stereocenters. The van der Waals surface area contributed by atoms with Crippen LogP contribution < -0.4 is 15.5 Å². The van der Waals surface area contributed by atoms with Crippen LogP contribution in [0.2, 0.25) is 5.02 Å². The van der Waals surface area contributed by atoms with E-state index in [1.807, 2.05) is 0 Å². The molecule has 2 rings (SSSR count). The number of hydrogen-bond acceptors (Lipinski definition) is 4. The average Bonchev–Trinajstić information content (AvgIpc) is 2.67. The second kappa shape index (κ2) is 11.1. The lowest BCUT2D eigenvalue weighted by Gasteiger charge is -2.07. The van der Waals surface area contributed by atoms with Gasteiger partial charge in [-0.15, -0.1) is 6.42 Å². The summed E-state index contributed by atoms with van der Waals surface area (Å²) in [5, 5.41) is 6.98. The van der Waals surface area contributed by atoms with Crippen molar-refractivity contribution < 1.29 is 14.3 Å². The highest BCUT2D eigenvalue weighted by Gasteiger charge is 2.08. The monoisotopic (exact) mass is 461 g/mol. The van der Waals surface area contributed by atoms with Crippen LogP contribution >= 0.6 is 27.5 Å². The SMILES string of the molecule is C#CCOc1ccc(Br)cc1C=NNC(=O)CCC(=O)Nc1ccccc1Cl. The predicted octanol–water partition coefficient (Wildman–Crippen LogP) is 3.98. The van der Waals surface area contributed by atoms with Crippen molar-refractivity contribution >= 4 is 51.2 Å². The molecule has 6 nitrogen and oxygen atoms in total. The maximum absolute atomic E-state index is 11.9. The van der Waals surface area contributed by atoms with Gasteiger partial charge in [-0.05, 0) is 30.3 Å². The Morgan fingerprint density at radius 3 is 2.71 bits per heavy atom. The van der Waals surface area contributed by atoms with Gasteiger partial charge in [0.15, 0.2) is 0 Å². The molecule has 0 saturated heterocycles. The van der Waals surface area contributed by atoms with Gasteiger partial charge in [0.05, 0.1) is 16.9 Å². The maximum Gasteiger partial charge on any atom is 0.240 e. The molecule has 2 amide bonds. The Morgan fingerprint density at radius 1 is 1.21 bits per heavy atom. The van der Waals surface area contributed by atoms with Crippen LogP contribution in [-0.4, -0.2) is 24.6 Å². The summed E-state index contributed by atoms with van der Waals surface area (Å²) < 4.78 is 6.24. The van der Waals surface area contributed by atoms with Gasteiger partial charge in [0.25, 0.3) is 0 Å². The fourth-order valence-electron chi connectivity index (χ4n) is 2.10. The first kappa shape index (κ1) is 21.5. The molecule has 2 aromatic rings. The number of nitrogens with zero attached hydrogens (tertiary/aromatic N) is 1. The van der Waals surface area contributed by atoms with Crippen LogP contribution in [-0.2, 0) is 9.59 Å². The van der Waals surface area contributed by atoms with Gasteiger partial charge in [0.1, 0.15) is 12.4 Å². The molecular weight excluding hydrogens is 446 g/mol. The zero-order valence-corrected chi connectivity index (χ0v) is 17.1. The normalized spacial score (nSPS) is 10.3. The zero-order valence-electron chi connectivity index (χ0n) is 14.7. The van der Waals surface area contributed by atoms with Gasteiger partial charge in [0, 0.05) is 22.9 Å². The molecule has 0 aliphatic carbocycles. The fourth-order valence-corrected chi connectivity index (χ4v) is 2.66. The number of benzene rings is 2. The molecule has 2 N–H and O–H groups in total. The number of amides is 2. The maximum atomic E-state index is 11.9. The van der Waals surface area contributed by atoms with Gasteiger partial charge in [-0.1, -0.05) is 45.6 Å².